The first-order valence-corrected chi connectivity index (χ1v) is 7.41. The summed E-state index contributed by atoms with van der Waals surface area (Å²) in [5.41, 5.74) is 0. The summed E-state index contributed by atoms with van der Waals surface area (Å²) in [4.78, 5) is 0. The van der Waals surface area contributed by atoms with E-state index >= 15 is 0 Å². The van der Waals surface area contributed by atoms with Gasteiger partial charge in [-0.2, -0.15) is 0 Å². The standard InChI is InChI=1S/C6H15NO3S3.Na/c1-7(2)12-6-11-4-3-5-13(8,9)10;/h3-6H2,1-2H3,(H,8,9,10);/q;+1/p-1. The summed E-state index contributed by atoms with van der Waals surface area (Å²) in [6.07, 6.45) is 0.449. The minimum atomic E-state index is -4.01. The Kier molecular flexibility index (Phi) is 12.5. The summed E-state index contributed by atoms with van der Waals surface area (Å²) in [7, 11) is -0.105. The van der Waals surface area contributed by atoms with Gasteiger partial charge in [0.05, 0.1) is 15.2 Å². The van der Waals surface area contributed by atoms with Crippen molar-refractivity contribution in [2.75, 3.05) is 30.7 Å². The van der Waals surface area contributed by atoms with Gasteiger partial charge in [0.2, 0.25) is 0 Å². The maximum atomic E-state index is 10.2. The van der Waals surface area contributed by atoms with Crippen LogP contribution in [0.3, 0.4) is 0 Å². The van der Waals surface area contributed by atoms with Crippen LogP contribution in [0.15, 0.2) is 0 Å². The number of rotatable bonds is 7. The van der Waals surface area contributed by atoms with E-state index in [2.05, 4.69) is 0 Å². The van der Waals surface area contributed by atoms with Crippen molar-refractivity contribution in [3.05, 3.63) is 0 Å². The van der Waals surface area contributed by atoms with Gasteiger partial charge < -0.3 is 4.55 Å². The molecule has 0 rings (SSSR count). The van der Waals surface area contributed by atoms with E-state index < -0.39 is 10.1 Å². The molecule has 0 aliphatic heterocycles. The minimum Gasteiger partial charge on any atom is -0.748 e. The first-order chi connectivity index (χ1) is 5.92. The van der Waals surface area contributed by atoms with Crippen molar-refractivity contribution < 1.29 is 42.5 Å². The van der Waals surface area contributed by atoms with Gasteiger partial charge in [-0.1, -0.05) is 11.9 Å². The van der Waals surface area contributed by atoms with E-state index in [1.807, 2.05) is 18.4 Å². The summed E-state index contributed by atoms with van der Waals surface area (Å²) >= 11 is 3.30. The van der Waals surface area contributed by atoms with Crippen LogP contribution in [0.4, 0.5) is 0 Å². The molecule has 4 nitrogen and oxygen atoms in total. The molecule has 0 aromatic carbocycles. The zero-order chi connectivity index (χ0) is 10.3. The normalized spacial score (nSPS) is 11.4. The molecule has 0 radical (unpaired) electrons. The van der Waals surface area contributed by atoms with E-state index in [0.717, 1.165) is 10.8 Å². The van der Waals surface area contributed by atoms with Crippen molar-refractivity contribution in [3.63, 3.8) is 0 Å². The fourth-order valence-electron chi connectivity index (χ4n) is 0.539. The summed E-state index contributed by atoms with van der Waals surface area (Å²) in [6, 6.07) is 0. The Morgan fingerprint density at radius 2 is 1.93 bits per heavy atom. The SMILES string of the molecule is CN(C)SCSCCCS(=O)(=O)[O-].[Na+]. The predicted molar refractivity (Wildman–Crippen MR) is 57.8 cm³/mol. The van der Waals surface area contributed by atoms with Crippen LogP contribution in [0.1, 0.15) is 6.42 Å². The van der Waals surface area contributed by atoms with E-state index in [0.29, 0.717) is 6.42 Å². The van der Waals surface area contributed by atoms with Gasteiger partial charge in [-0.3, -0.25) is 4.31 Å². The molecular weight excluding hydrogens is 253 g/mol. The smallest absolute Gasteiger partial charge is 0.748 e. The molecule has 0 aliphatic rings. The van der Waals surface area contributed by atoms with Gasteiger partial charge >= 0.3 is 29.6 Å². The Morgan fingerprint density at radius 3 is 2.36 bits per heavy atom. The quantitative estimate of drug-likeness (QED) is 0.172. The van der Waals surface area contributed by atoms with Gasteiger partial charge in [-0.15, -0.1) is 11.8 Å². The van der Waals surface area contributed by atoms with Crippen molar-refractivity contribution >= 4 is 33.8 Å². The van der Waals surface area contributed by atoms with Crippen molar-refractivity contribution in [3.8, 4) is 0 Å². The second-order valence-corrected chi connectivity index (χ2v) is 6.85. The maximum absolute atomic E-state index is 10.2. The molecule has 0 aliphatic carbocycles. The number of nitrogens with zero attached hydrogens (tertiary/aromatic N) is 1. The van der Waals surface area contributed by atoms with Crippen LogP contribution >= 0.6 is 23.7 Å². The zero-order valence-electron chi connectivity index (χ0n) is 8.73. The van der Waals surface area contributed by atoms with Gasteiger partial charge in [0, 0.05) is 5.75 Å². The van der Waals surface area contributed by atoms with E-state index in [4.69, 9.17) is 0 Å². The molecule has 14 heavy (non-hydrogen) atoms. The molecule has 0 saturated carbocycles. The van der Waals surface area contributed by atoms with Crippen molar-refractivity contribution in [1.29, 1.82) is 0 Å². The van der Waals surface area contributed by atoms with Crippen LogP contribution < -0.4 is 29.6 Å². The first-order valence-electron chi connectivity index (χ1n) is 3.73. The van der Waals surface area contributed by atoms with Crippen LogP contribution in [-0.2, 0) is 10.1 Å². The van der Waals surface area contributed by atoms with Crippen molar-refractivity contribution in [2.45, 2.75) is 6.42 Å². The molecule has 80 valence electrons. The third-order valence-corrected chi connectivity index (χ3v) is 4.05. The molecule has 0 aromatic heterocycles. The predicted octanol–water partition coefficient (Wildman–Crippen LogP) is -2.17. The van der Waals surface area contributed by atoms with Crippen LogP contribution in [0.2, 0.25) is 0 Å². The summed E-state index contributed by atoms with van der Waals surface area (Å²) in [5, 5.41) is 0.895. The Labute approximate surface area is 117 Å². The first kappa shape index (κ1) is 17.9. The van der Waals surface area contributed by atoms with Crippen LogP contribution in [0.25, 0.3) is 0 Å². The summed E-state index contributed by atoms with van der Waals surface area (Å²) in [5.74, 6) is 0.481. The average molecular weight is 267 g/mol. The van der Waals surface area contributed by atoms with Crippen molar-refractivity contribution in [1.82, 2.24) is 4.31 Å². The molecule has 0 unspecified atom stereocenters. The molecule has 0 amide bonds. The molecule has 0 fully saturated rings. The molecular formula is C6H14NNaO3S3. The maximum Gasteiger partial charge on any atom is 1.00 e. The van der Waals surface area contributed by atoms with Crippen LogP contribution in [0.5, 0.6) is 0 Å². The monoisotopic (exact) mass is 267 g/mol. The molecule has 0 heterocycles. The molecule has 0 saturated heterocycles. The molecule has 0 atom stereocenters. The number of hydrogen-bond acceptors (Lipinski definition) is 6. The Balaban J connectivity index is 0. The Bertz CT molecular complexity index is 220. The average Bonchev–Trinajstić information content (AvgIpc) is 1.93. The molecule has 0 spiro atoms. The Hall–Kier alpha value is 1.57. The van der Waals surface area contributed by atoms with Gasteiger partial charge in [-0.25, -0.2) is 8.42 Å². The largest absolute Gasteiger partial charge is 1.00 e. The second kappa shape index (κ2) is 9.77. The van der Waals surface area contributed by atoms with Gasteiger partial charge in [0.15, 0.2) is 0 Å². The number of hydrogen-bond donors (Lipinski definition) is 0. The van der Waals surface area contributed by atoms with Crippen LogP contribution in [0, 0.1) is 0 Å². The third kappa shape index (κ3) is 16.0. The van der Waals surface area contributed by atoms with Crippen molar-refractivity contribution in [2.24, 2.45) is 0 Å². The van der Waals surface area contributed by atoms with Crippen LogP contribution in [-0.4, -0.2) is 48.0 Å². The van der Waals surface area contributed by atoms with Gasteiger partial charge in [0.25, 0.3) is 0 Å². The Morgan fingerprint density at radius 1 is 1.36 bits per heavy atom. The summed E-state index contributed by atoms with van der Waals surface area (Å²) < 4.78 is 32.6. The second-order valence-electron chi connectivity index (χ2n) is 2.58. The van der Waals surface area contributed by atoms with E-state index in [9.17, 15) is 13.0 Å². The van der Waals surface area contributed by atoms with Gasteiger partial charge in [0.1, 0.15) is 0 Å². The summed E-state index contributed by atoms with van der Waals surface area (Å²) in [6.45, 7) is 0. The topological polar surface area (TPSA) is 60.4 Å². The number of thioether (sulfide) groups is 1. The van der Waals surface area contributed by atoms with E-state index in [1.165, 1.54) is 0 Å². The fraction of sp³-hybridized carbons (Fsp3) is 1.00. The molecule has 0 N–H and O–H groups in total. The van der Waals surface area contributed by atoms with Gasteiger partial charge in [-0.05, 0) is 26.3 Å². The fourth-order valence-corrected chi connectivity index (χ4v) is 3.18. The third-order valence-electron chi connectivity index (χ3n) is 1.08. The molecule has 0 aromatic rings. The molecule has 8 heteroatoms. The van der Waals surface area contributed by atoms with E-state index in [1.54, 1.807) is 23.7 Å². The zero-order valence-corrected chi connectivity index (χ0v) is 13.2. The molecule has 0 bridgehead atoms. The minimum absolute atomic E-state index is 0. The van der Waals surface area contributed by atoms with E-state index in [-0.39, 0.29) is 35.3 Å².